The Hall–Kier alpha value is -2.23. The maximum absolute atomic E-state index is 14.0. The van der Waals surface area contributed by atoms with Crippen LogP contribution in [0.25, 0.3) is 0 Å². The molecule has 0 amide bonds. The number of hydrogen-bond acceptors (Lipinski definition) is 3. The Balaban J connectivity index is 0.00000127. The normalized spacial score (nSPS) is 9.87. The molecule has 2 aromatic carbocycles. The van der Waals surface area contributed by atoms with E-state index in [1.165, 1.54) is 6.07 Å². The Kier molecular flexibility index (Phi) is 7.95. The quantitative estimate of drug-likeness (QED) is 0.684. The van der Waals surface area contributed by atoms with Gasteiger partial charge in [-0.05, 0) is 42.3 Å². The molecule has 0 spiro atoms. The second-order valence-corrected chi connectivity index (χ2v) is 5.07. The van der Waals surface area contributed by atoms with Crippen LogP contribution in [0.5, 0.6) is 23.0 Å². The first-order valence-electron chi connectivity index (χ1n) is 7.82. The zero-order valence-corrected chi connectivity index (χ0v) is 14.4. The first-order chi connectivity index (χ1) is 11.1. The van der Waals surface area contributed by atoms with E-state index >= 15 is 0 Å². The molecule has 0 aliphatic carbocycles. The highest BCUT2D eigenvalue weighted by atomic mass is 19.1. The maximum atomic E-state index is 14.0. The highest BCUT2D eigenvalue weighted by Crippen LogP contribution is 2.28. The highest BCUT2D eigenvalue weighted by molar-refractivity contribution is 5.38. The lowest BCUT2D eigenvalue weighted by Crippen LogP contribution is -2.04. The van der Waals surface area contributed by atoms with E-state index in [0.29, 0.717) is 24.0 Å². The smallest absolute Gasteiger partial charge is 0.169 e. The van der Waals surface area contributed by atoms with Gasteiger partial charge in [-0.2, -0.15) is 0 Å². The van der Waals surface area contributed by atoms with Crippen LogP contribution in [0.2, 0.25) is 0 Å². The van der Waals surface area contributed by atoms with E-state index in [0.717, 1.165) is 5.75 Å². The average Bonchev–Trinajstić information content (AvgIpc) is 2.57. The van der Waals surface area contributed by atoms with Gasteiger partial charge in [-0.25, -0.2) is 4.39 Å². The lowest BCUT2D eigenvalue weighted by molar-refractivity contribution is 0.269. The monoisotopic (exact) mass is 320 g/mol. The molecule has 0 atom stereocenters. The number of hydrogen-bond donors (Lipinski definition) is 0. The number of ether oxygens (including phenoxy) is 3. The fourth-order valence-corrected chi connectivity index (χ4v) is 1.69. The van der Waals surface area contributed by atoms with E-state index in [-0.39, 0.29) is 5.75 Å². The zero-order chi connectivity index (χ0) is 17.2. The molecule has 126 valence electrons. The van der Waals surface area contributed by atoms with Gasteiger partial charge in [0.1, 0.15) is 17.2 Å². The Morgan fingerprint density at radius 3 is 2.00 bits per heavy atom. The van der Waals surface area contributed by atoms with Crippen LogP contribution in [-0.4, -0.2) is 13.7 Å². The fraction of sp³-hybridized carbons (Fsp3) is 0.368. The minimum atomic E-state index is -0.452. The van der Waals surface area contributed by atoms with Gasteiger partial charge in [0.05, 0.1) is 13.7 Å². The Morgan fingerprint density at radius 2 is 1.48 bits per heavy atom. The van der Waals surface area contributed by atoms with Gasteiger partial charge in [-0.1, -0.05) is 27.7 Å². The SMILES string of the molecule is CC.COc1ccc(Oc2ccc(OCC(C)C)cc2F)cc1. The van der Waals surface area contributed by atoms with Crippen LogP contribution in [0, 0.1) is 11.7 Å². The molecule has 0 radical (unpaired) electrons. The van der Waals surface area contributed by atoms with Crippen LogP contribution < -0.4 is 14.2 Å². The Bertz CT molecular complexity index is 580. The summed E-state index contributed by atoms with van der Waals surface area (Å²) in [6, 6.07) is 11.6. The molecule has 23 heavy (non-hydrogen) atoms. The van der Waals surface area contributed by atoms with Crippen molar-refractivity contribution in [2.45, 2.75) is 27.7 Å². The predicted molar refractivity (Wildman–Crippen MR) is 91.1 cm³/mol. The van der Waals surface area contributed by atoms with Crippen LogP contribution in [0.3, 0.4) is 0 Å². The highest BCUT2D eigenvalue weighted by Gasteiger charge is 2.07. The Labute approximate surface area is 138 Å². The van der Waals surface area contributed by atoms with Gasteiger partial charge in [-0.15, -0.1) is 0 Å². The summed E-state index contributed by atoms with van der Waals surface area (Å²) >= 11 is 0. The minimum Gasteiger partial charge on any atom is -0.497 e. The summed E-state index contributed by atoms with van der Waals surface area (Å²) < 4.78 is 30.0. The Morgan fingerprint density at radius 1 is 0.913 bits per heavy atom. The molecule has 0 aromatic heterocycles. The molecule has 2 rings (SSSR count). The van der Waals surface area contributed by atoms with Crippen molar-refractivity contribution in [2.75, 3.05) is 13.7 Å². The molecule has 0 N–H and O–H groups in total. The molecule has 0 bridgehead atoms. The molecule has 3 nitrogen and oxygen atoms in total. The van der Waals surface area contributed by atoms with Crippen molar-refractivity contribution in [3.8, 4) is 23.0 Å². The molecule has 0 heterocycles. The minimum absolute atomic E-state index is 0.164. The third kappa shape index (κ3) is 6.19. The summed E-state index contributed by atoms with van der Waals surface area (Å²) in [6.07, 6.45) is 0. The molecule has 0 unspecified atom stereocenters. The van der Waals surface area contributed by atoms with Gasteiger partial charge < -0.3 is 14.2 Å². The largest absolute Gasteiger partial charge is 0.497 e. The van der Waals surface area contributed by atoms with Crippen LogP contribution in [-0.2, 0) is 0 Å². The van der Waals surface area contributed by atoms with Gasteiger partial charge >= 0.3 is 0 Å². The lowest BCUT2D eigenvalue weighted by atomic mass is 10.2. The second-order valence-electron chi connectivity index (χ2n) is 5.07. The number of benzene rings is 2. The average molecular weight is 320 g/mol. The van der Waals surface area contributed by atoms with E-state index in [4.69, 9.17) is 14.2 Å². The molecule has 0 saturated carbocycles. The number of halogens is 1. The fourth-order valence-electron chi connectivity index (χ4n) is 1.69. The van der Waals surface area contributed by atoms with Crippen LogP contribution in [0.1, 0.15) is 27.7 Å². The predicted octanol–water partition coefficient (Wildman–Crippen LogP) is 5.69. The standard InChI is InChI=1S/C17H19FO3.C2H6/c1-12(2)11-20-15-8-9-17(16(18)10-15)21-14-6-4-13(19-3)5-7-14;1-2/h4-10,12H,11H2,1-3H3;1-2H3. The first kappa shape index (κ1) is 18.8. The van der Waals surface area contributed by atoms with Gasteiger partial charge in [0.25, 0.3) is 0 Å². The van der Waals surface area contributed by atoms with E-state index < -0.39 is 5.82 Å². The van der Waals surface area contributed by atoms with Crippen molar-refractivity contribution in [3.63, 3.8) is 0 Å². The van der Waals surface area contributed by atoms with E-state index in [1.54, 1.807) is 43.5 Å². The molecule has 0 fully saturated rings. The van der Waals surface area contributed by atoms with Gasteiger partial charge in [0.15, 0.2) is 11.6 Å². The summed E-state index contributed by atoms with van der Waals surface area (Å²) in [5, 5.41) is 0. The van der Waals surface area contributed by atoms with E-state index in [9.17, 15) is 4.39 Å². The van der Waals surface area contributed by atoms with Crippen molar-refractivity contribution in [1.82, 2.24) is 0 Å². The van der Waals surface area contributed by atoms with Crippen molar-refractivity contribution < 1.29 is 18.6 Å². The van der Waals surface area contributed by atoms with Crippen LogP contribution in [0.15, 0.2) is 42.5 Å². The van der Waals surface area contributed by atoms with Gasteiger partial charge in [0.2, 0.25) is 0 Å². The summed E-state index contributed by atoms with van der Waals surface area (Å²) in [5.74, 6) is 1.88. The number of methoxy groups -OCH3 is 1. The third-order valence-corrected chi connectivity index (χ3v) is 2.77. The molecule has 4 heteroatoms. The van der Waals surface area contributed by atoms with Crippen molar-refractivity contribution >= 4 is 0 Å². The molecule has 0 saturated heterocycles. The topological polar surface area (TPSA) is 27.7 Å². The summed E-state index contributed by atoms with van der Waals surface area (Å²) in [7, 11) is 1.59. The summed E-state index contributed by atoms with van der Waals surface area (Å²) in [6.45, 7) is 8.63. The molecular weight excluding hydrogens is 295 g/mol. The zero-order valence-electron chi connectivity index (χ0n) is 14.4. The first-order valence-corrected chi connectivity index (χ1v) is 7.82. The number of rotatable bonds is 6. The van der Waals surface area contributed by atoms with Crippen molar-refractivity contribution in [1.29, 1.82) is 0 Å². The lowest BCUT2D eigenvalue weighted by Gasteiger charge is -2.11. The maximum Gasteiger partial charge on any atom is 0.169 e. The van der Waals surface area contributed by atoms with Crippen molar-refractivity contribution in [3.05, 3.63) is 48.3 Å². The van der Waals surface area contributed by atoms with Gasteiger partial charge in [-0.3, -0.25) is 0 Å². The van der Waals surface area contributed by atoms with Crippen LogP contribution in [0.4, 0.5) is 4.39 Å². The van der Waals surface area contributed by atoms with Crippen molar-refractivity contribution in [2.24, 2.45) is 5.92 Å². The van der Waals surface area contributed by atoms with Crippen LogP contribution >= 0.6 is 0 Å². The molecular formula is C19H25FO3. The summed E-state index contributed by atoms with van der Waals surface area (Å²) in [4.78, 5) is 0. The second kappa shape index (κ2) is 9.72. The molecule has 0 aliphatic heterocycles. The summed E-state index contributed by atoms with van der Waals surface area (Å²) in [5.41, 5.74) is 0. The van der Waals surface area contributed by atoms with E-state index in [2.05, 4.69) is 0 Å². The molecule has 0 aliphatic rings. The van der Waals surface area contributed by atoms with E-state index in [1.807, 2.05) is 27.7 Å². The third-order valence-electron chi connectivity index (χ3n) is 2.77. The van der Waals surface area contributed by atoms with Gasteiger partial charge in [0, 0.05) is 6.07 Å². The molecule has 2 aromatic rings.